The maximum Gasteiger partial charge on any atom is 1.00 e. The predicted octanol–water partition coefficient (Wildman–Crippen LogP) is 0.0946. The summed E-state index contributed by atoms with van der Waals surface area (Å²) in [5.41, 5.74) is 5.76. The molecule has 0 radical (unpaired) electrons. The van der Waals surface area contributed by atoms with Crippen molar-refractivity contribution in [1.29, 1.82) is 0 Å². The van der Waals surface area contributed by atoms with Crippen LogP contribution in [0.2, 0.25) is 0 Å². The standard InChI is InChI=1S/C22H18N2O6S.Na/c1-2-30-13-9-7-12(8-10-13)24-16-11-17(31(27,28)29)20(23)19-18(16)21(25)14-5-3-4-6-15(14)22(19)26;/h3-11,24H,2,23H2,1H3,(H,27,28,29);/q;+1/p-1. The van der Waals surface area contributed by atoms with Gasteiger partial charge in [-0.2, -0.15) is 0 Å². The monoisotopic (exact) mass is 460 g/mol. The summed E-state index contributed by atoms with van der Waals surface area (Å²) in [6.07, 6.45) is 0. The Hall–Kier alpha value is -2.69. The third-order valence-electron chi connectivity index (χ3n) is 4.91. The molecule has 3 aromatic rings. The Balaban J connectivity index is 0.00000289. The molecule has 0 bridgehead atoms. The van der Waals surface area contributed by atoms with Crippen LogP contribution in [-0.2, 0) is 10.1 Å². The number of carbonyl (C=O) groups is 2. The van der Waals surface area contributed by atoms with E-state index in [1.807, 2.05) is 6.92 Å². The third-order valence-corrected chi connectivity index (χ3v) is 5.79. The molecule has 0 aliphatic heterocycles. The molecule has 0 atom stereocenters. The van der Waals surface area contributed by atoms with E-state index < -0.39 is 32.3 Å². The average molecular weight is 460 g/mol. The summed E-state index contributed by atoms with van der Waals surface area (Å²) in [5, 5.41) is 2.94. The predicted molar refractivity (Wildman–Crippen MR) is 113 cm³/mol. The zero-order valence-corrected chi connectivity index (χ0v) is 20.2. The smallest absolute Gasteiger partial charge is 0.744 e. The van der Waals surface area contributed by atoms with Crippen LogP contribution in [0.3, 0.4) is 0 Å². The van der Waals surface area contributed by atoms with E-state index in [0.29, 0.717) is 18.0 Å². The Labute approximate surface area is 206 Å². The number of benzene rings is 3. The summed E-state index contributed by atoms with van der Waals surface area (Å²) in [7, 11) is -5.01. The number of nitrogen functional groups attached to an aromatic ring is 1. The fourth-order valence-electron chi connectivity index (χ4n) is 3.56. The van der Waals surface area contributed by atoms with Gasteiger partial charge in [-0.3, -0.25) is 9.59 Å². The van der Waals surface area contributed by atoms with Gasteiger partial charge in [0.1, 0.15) is 15.9 Å². The number of ketones is 2. The Morgan fingerprint density at radius 2 is 1.53 bits per heavy atom. The van der Waals surface area contributed by atoms with Gasteiger partial charge >= 0.3 is 29.6 Å². The normalized spacial score (nSPS) is 12.4. The first-order valence-electron chi connectivity index (χ1n) is 9.33. The molecule has 0 fully saturated rings. The molecule has 0 saturated heterocycles. The molecule has 10 heteroatoms. The summed E-state index contributed by atoms with van der Waals surface area (Å²) in [4.78, 5) is 25.6. The number of nitrogens with one attached hydrogen (secondary N) is 1. The first kappa shape index (κ1) is 24.0. The Morgan fingerprint density at radius 1 is 0.969 bits per heavy atom. The molecule has 0 aromatic heterocycles. The van der Waals surface area contributed by atoms with Gasteiger partial charge < -0.3 is 20.3 Å². The second kappa shape index (κ2) is 9.05. The van der Waals surface area contributed by atoms with Crippen LogP contribution in [0.1, 0.15) is 38.8 Å². The van der Waals surface area contributed by atoms with E-state index in [1.54, 1.807) is 36.4 Å². The van der Waals surface area contributed by atoms with Crippen LogP contribution in [0.15, 0.2) is 59.5 Å². The van der Waals surface area contributed by atoms with Crippen LogP contribution in [-0.4, -0.2) is 31.1 Å². The van der Waals surface area contributed by atoms with Gasteiger partial charge in [0.2, 0.25) is 0 Å². The quantitative estimate of drug-likeness (QED) is 0.243. The van der Waals surface area contributed by atoms with Crippen LogP contribution in [0, 0.1) is 0 Å². The first-order chi connectivity index (χ1) is 14.7. The minimum atomic E-state index is -5.01. The van der Waals surface area contributed by atoms with Crippen LogP contribution in [0.25, 0.3) is 0 Å². The summed E-state index contributed by atoms with van der Waals surface area (Å²) < 4.78 is 40.8. The Bertz CT molecular complexity index is 1340. The molecule has 158 valence electrons. The SMILES string of the molecule is CCOc1ccc(Nc2cc(S(=O)(=O)[O-])c(N)c3c2C(=O)c2ccccc2C3=O)cc1.[Na+]. The number of anilines is 3. The van der Waals surface area contributed by atoms with E-state index in [1.165, 1.54) is 12.1 Å². The molecule has 1 aliphatic carbocycles. The van der Waals surface area contributed by atoms with E-state index >= 15 is 0 Å². The van der Waals surface area contributed by atoms with E-state index in [9.17, 15) is 22.6 Å². The van der Waals surface area contributed by atoms with Crippen molar-refractivity contribution in [1.82, 2.24) is 0 Å². The van der Waals surface area contributed by atoms with Gasteiger partial charge in [0.15, 0.2) is 11.6 Å². The molecule has 32 heavy (non-hydrogen) atoms. The number of hydrogen-bond acceptors (Lipinski definition) is 8. The van der Waals surface area contributed by atoms with Crippen molar-refractivity contribution in [2.24, 2.45) is 0 Å². The summed E-state index contributed by atoms with van der Waals surface area (Å²) in [6, 6.07) is 13.8. The molecule has 1 aliphatic rings. The van der Waals surface area contributed by atoms with E-state index in [0.717, 1.165) is 6.07 Å². The zero-order chi connectivity index (χ0) is 22.3. The Kier molecular flexibility index (Phi) is 6.77. The van der Waals surface area contributed by atoms with Crippen molar-refractivity contribution >= 4 is 38.7 Å². The van der Waals surface area contributed by atoms with Crippen LogP contribution in [0.4, 0.5) is 17.1 Å². The number of nitrogens with two attached hydrogens (primary N) is 1. The topological polar surface area (TPSA) is 139 Å². The number of carbonyl (C=O) groups excluding carboxylic acids is 2. The van der Waals surface area contributed by atoms with Gasteiger partial charge in [0, 0.05) is 16.8 Å². The van der Waals surface area contributed by atoms with Crippen LogP contribution >= 0.6 is 0 Å². The molecule has 0 amide bonds. The minimum Gasteiger partial charge on any atom is -0.744 e. The summed E-state index contributed by atoms with van der Waals surface area (Å²) in [5.74, 6) is -0.501. The molecule has 3 N–H and O–H groups in total. The molecule has 4 rings (SSSR count). The molecular formula is C22H17N2NaO6S. The molecule has 0 saturated carbocycles. The molecule has 3 aromatic carbocycles. The number of hydrogen-bond donors (Lipinski definition) is 2. The fraction of sp³-hybridized carbons (Fsp3) is 0.0909. The van der Waals surface area contributed by atoms with Crippen molar-refractivity contribution in [3.8, 4) is 5.75 Å². The molecular weight excluding hydrogens is 443 g/mol. The summed E-state index contributed by atoms with van der Waals surface area (Å²) in [6.45, 7) is 2.33. The average Bonchev–Trinajstić information content (AvgIpc) is 2.73. The maximum atomic E-state index is 13.2. The van der Waals surface area contributed by atoms with Gasteiger partial charge in [-0.05, 0) is 37.3 Å². The van der Waals surface area contributed by atoms with Gasteiger partial charge in [-0.15, -0.1) is 0 Å². The van der Waals surface area contributed by atoms with Crippen molar-refractivity contribution in [3.63, 3.8) is 0 Å². The van der Waals surface area contributed by atoms with Crippen molar-refractivity contribution in [2.75, 3.05) is 17.7 Å². The van der Waals surface area contributed by atoms with Crippen molar-refractivity contribution in [2.45, 2.75) is 11.8 Å². The first-order valence-corrected chi connectivity index (χ1v) is 10.7. The number of fused-ring (bicyclic) bond motifs is 2. The molecule has 0 spiro atoms. The zero-order valence-electron chi connectivity index (χ0n) is 17.3. The number of ether oxygens (including phenoxy) is 1. The molecule has 8 nitrogen and oxygen atoms in total. The van der Waals surface area contributed by atoms with Crippen molar-refractivity contribution < 1.29 is 56.9 Å². The number of rotatable bonds is 5. The van der Waals surface area contributed by atoms with Gasteiger partial charge in [0.25, 0.3) is 0 Å². The third kappa shape index (κ3) is 4.17. The van der Waals surface area contributed by atoms with Gasteiger partial charge in [-0.25, -0.2) is 8.42 Å². The summed E-state index contributed by atoms with van der Waals surface area (Å²) >= 11 is 0. The van der Waals surface area contributed by atoms with Crippen molar-refractivity contribution in [3.05, 3.63) is 76.9 Å². The minimum absolute atomic E-state index is 0. The van der Waals surface area contributed by atoms with E-state index in [4.69, 9.17) is 10.5 Å². The largest absolute Gasteiger partial charge is 1.00 e. The molecule has 0 unspecified atom stereocenters. The Morgan fingerprint density at radius 3 is 2.06 bits per heavy atom. The maximum absolute atomic E-state index is 13.2. The second-order valence-electron chi connectivity index (χ2n) is 6.83. The van der Waals surface area contributed by atoms with Crippen LogP contribution < -0.4 is 45.3 Å². The van der Waals surface area contributed by atoms with Gasteiger partial charge in [0.05, 0.1) is 34.0 Å². The van der Waals surface area contributed by atoms with Gasteiger partial charge in [-0.1, -0.05) is 24.3 Å². The fourth-order valence-corrected chi connectivity index (χ4v) is 4.19. The van der Waals surface area contributed by atoms with E-state index in [2.05, 4.69) is 5.32 Å². The van der Waals surface area contributed by atoms with Crippen LogP contribution in [0.5, 0.6) is 5.75 Å². The van der Waals surface area contributed by atoms with E-state index in [-0.39, 0.29) is 57.5 Å². The molecule has 0 heterocycles. The second-order valence-corrected chi connectivity index (χ2v) is 8.17.